The Morgan fingerprint density at radius 1 is 1.04 bits per heavy atom. The molecule has 3 rings (SSSR count). The van der Waals surface area contributed by atoms with Gasteiger partial charge in [-0.25, -0.2) is 13.1 Å². The molecule has 1 aromatic rings. The first-order valence-electron chi connectivity index (χ1n) is 8.66. The van der Waals surface area contributed by atoms with Gasteiger partial charge in [-0.3, -0.25) is 4.90 Å². The van der Waals surface area contributed by atoms with Crippen molar-refractivity contribution in [2.45, 2.75) is 42.7 Å². The van der Waals surface area contributed by atoms with E-state index < -0.39 is 10.0 Å². The van der Waals surface area contributed by atoms with Gasteiger partial charge < -0.3 is 4.90 Å². The number of likely N-dealkylation sites (N-methyl/N-ethyl adjacent to an activating group) is 1. The van der Waals surface area contributed by atoms with Gasteiger partial charge >= 0.3 is 0 Å². The van der Waals surface area contributed by atoms with Crippen LogP contribution in [0.4, 0.5) is 0 Å². The van der Waals surface area contributed by atoms with Crippen LogP contribution >= 0.6 is 11.6 Å². The smallest absolute Gasteiger partial charge is 0.240 e. The Labute approximate surface area is 150 Å². The van der Waals surface area contributed by atoms with E-state index in [-0.39, 0.29) is 10.9 Å². The van der Waals surface area contributed by atoms with Gasteiger partial charge in [-0.2, -0.15) is 0 Å². The molecule has 0 spiro atoms. The minimum atomic E-state index is -3.50. The topological polar surface area (TPSA) is 52.6 Å². The largest absolute Gasteiger partial charge is 0.304 e. The second kappa shape index (κ2) is 7.70. The molecular formula is C17H26ClN3O2S. The predicted octanol–water partition coefficient (Wildman–Crippen LogP) is 2.18. The van der Waals surface area contributed by atoms with Gasteiger partial charge in [0.25, 0.3) is 0 Å². The number of piperazine rings is 1. The molecule has 1 heterocycles. The average molecular weight is 372 g/mol. The summed E-state index contributed by atoms with van der Waals surface area (Å²) in [6, 6.07) is 6.66. The second-order valence-corrected chi connectivity index (χ2v) is 9.02. The van der Waals surface area contributed by atoms with Gasteiger partial charge in [-0.15, -0.1) is 0 Å². The maximum atomic E-state index is 12.7. The van der Waals surface area contributed by atoms with E-state index in [1.807, 2.05) is 0 Å². The highest BCUT2D eigenvalue weighted by Crippen LogP contribution is 2.26. The van der Waals surface area contributed by atoms with E-state index >= 15 is 0 Å². The van der Waals surface area contributed by atoms with Crippen molar-refractivity contribution in [2.75, 3.05) is 33.2 Å². The van der Waals surface area contributed by atoms with E-state index in [1.165, 1.54) is 6.42 Å². The molecule has 0 unspecified atom stereocenters. The molecule has 7 heteroatoms. The van der Waals surface area contributed by atoms with E-state index in [0.29, 0.717) is 11.1 Å². The molecule has 5 nitrogen and oxygen atoms in total. The van der Waals surface area contributed by atoms with Crippen molar-refractivity contribution in [3.8, 4) is 0 Å². The van der Waals surface area contributed by atoms with Crippen molar-refractivity contribution in [3.63, 3.8) is 0 Å². The molecule has 2 fully saturated rings. The number of benzene rings is 1. The molecule has 1 aliphatic heterocycles. The van der Waals surface area contributed by atoms with Crippen LogP contribution in [-0.4, -0.2) is 63.5 Å². The van der Waals surface area contributed by atoms with Crippen LogP contribution in [0.5, 0.6) is 0 Å². The van der Waals surface area contributed by atoms with Crippen molar-refractivity contribution < 1.29 is 8.42 Å². The number of nitrogens with zero attached hydrogens (tertiary/aromatic N) is 2. The third-order valence-electron chi connectivity index (χ3n) is 5.17. The summed E-state index contributed by atoms with van der Waals surface area (Å²) in [5.74, 6) is 0. The molecule has 0 bridgehead atoms. The quantitative estimate of drug-likeness (QED) is 0.881. The van der Waals surface area contributed by atoms with Gasteiger partial charge in [0, 0.05) is 43.3 Å². The molecule has 0 amide bonds. The molecule has 1 N–H and O–H groups in total. The Bertz CT molecular complexity index is 642. The van der Waals surface area contributed by atoms with Crippen molar-refractivity contribution in [3.05, 3.63) is 29.3 Å². The molecule has 1 saturated carbocycles. The van der Waals surface area contributed by atoms with Crippen LogP contribution < -0.4 is 4.72 Å². The molecule has 134 valence electrons. The van der Waals surface area contributed by atoms with Crippen LogP contribution in [0.25, 0.3) is 0 Å². The zero-order valence-electron chi connectivity index (χ0n) is 14.1. The van der Waals surface area contributed by atoms with Crippen molar-refractivity contribution >= 4 is 21.6 Å². The Hall–Kier alpha value is -0.660. The van der Waals surface area contributed by atoms with Gasteiger partial charge in [0.15, 0.2) is 0 Å². The molecule has 24 heavy (non-hydrogen) atoms. The Balaban J connectivity index is 1.72. The van der Waals surface area contributed by atoms with E-state index in [0.717, 1.165) is 45.4 Å². The third kappa shape index (κ3) is 4.29. The summed E-state index contributed by atoms with van der Waals surface area (Å²) < 4.78 is 28.4. The highest BCUT2D eigenvalue weighted by Gasteiger charge is 2.34. The first kappa shape index (κ1) is 18.1. The minimum absolute atomic E-state index is 0.0113. The van der Waals surface area contributed by atoms with Crippen LogP contribution in [0.15, 0.2) is 29.2 Å². The zero-order valence-corrected chi connectivity index (χ0v) is 15.7. The van der Waals surface area contributed by atoms with Crippen LogP contribution in [0.2, 0.25) is 5.02 Å². The summed E-state index contributed by atoms with van der Waals surface area (Å²) in [5, 5.41) is 0.543. The average Bonchev–Trinajstić information content (AvgIpc) is 2.56. The van der Waals surface area contributed by atoms with Crippen molar-refractivity contribution in [1.29, 1.82) is 0 Å². The molecule has 2 atom stereocenters. The molecule has 1 saturated heterocycles. The van der Waals surface area contributed by atoms with E-state index in [1.54, 1.807) is 24.3 Å². The third-order valence-corrected chi connectivity index (χ3v) is 6.92. The lowest BCUT2D eigenvalue weighted by atomic mass is 9.89. The van der Waals surface area contributed by atoms with Crippen molar-refractivity contribution in [1.82, 2.24) is 14.5 Å². The van der Waals surface area contributed by atoms with E-state index in [2.05, 4.69) is 21.6 Å². The van der Waals surface area contributed by atoms with Gasteiger partial charge in [-0.05, 0) is 44.2 Å². The number of sulfonamides is 1. The first-order chi connectivity index (χ1) is 11.5. The number of halogens is 1. The lowest BCUT2D eigenvalue weighted by Crippen LogP contribution is -2.57. The lowest BCUT2D eigenvalue weighted by molar-refractivity contribution is 0.0766. The monoisotopic (exact) mass is 371 g/mol. The fourth-order valence-corrected chi connectivity index (χ4v) is 5.15. The van der Waals surface area contributed by atoms with Crippen LogP contribution in [0, 0.1) is 0 Å². The Morgan fingerprint density at radius 3 is 2.33 bits per heavy atom. The van der Waals surface area contributed by atoms with Gasteiger partial charge in [-0.1, -0.05) is 24.4 Å². The lowest BCUT2D eigenvalue weighted by Gasteiger charge is -2.43. The van der Waals surface area contributed by atoms with Crippen LogP contribution in [0.1, 0.15) is 25.7 Å². The van der Waals surface area contributed by atoms with Crippen LogP contribution in [0.3, 0.4) is 0 Å². The maximum Gasteiger partial charge on any atom is 0.240 e. The highest BCUT2D eigenvalue weighted by atomic mass is 35.5. The number of rotatable bonds is 4. The SMILES string of the molecule is CN1CCN([C@@H]2CCCC[C@@H]2NS(=O)(=O)c2ccc(Cl)cc2)CC1. The van der Waals surface area contributed by atoms with Crippen LogP contribution in [-0.2, 0) is 10.0 Å². The molecule has 1 aliphatic carbocycles. The number of hydrogen-bond acceptors (Lipinski definition) is 4. The summed E-state index contributed by atoms with van der Waals surface area (Å²) in [7, 11) is -1.37. The Morgan fingerprint density at radius 2 is 1.67 bits per heavy atom. The summed E-state index contributed by atoms with van der Waals surface area (Å²) in [6.07, 6.45) is 4.23. The Kier molecular flexibility index (Phi) is 5.82. The maximum absolute atomic E-state index is 12.7. The minimum Gasteiger partial charge on any atom is -0.304 e. The van der Waals surface area contributed by atoms with Crippen molar-refractivity contribution in [2.24, 2.45) is 0 Å². The normalized spacial score (nSPS) is 27.2. The summed E-state index contributed by atoms with van der Waals surface area (Å²) in [5.41, 5.74) is 0. The fourth-order valence-electron chi connectivity index (χ4n) is 3.72. The first-order valence-corrected chi connectivity index (χ1v) is 10.5. The molecular weight excluding hydrogens is 346 g/mol. The van der Waals surface area contributed by atoms with Gasteiger partial charge in [0.1, 0.15) is 0 Å². The standard InChI is InChI=1S/C17H26ClN3O2S/c1-20-10-12-21(13-11-20)17-5-3-2-4-16(17)19-24(22,23)15-8-6-14(18)7-9-15/h6-9,16-17,19H,2-5,10-13H2,1H3/t16-,17+/m0/s1. The molecule has 0 radical (unpaired) electrons. The van der Waals surface area contributed by atoms with E-state index in [4.69, 9.17) is 11.6 Å². The van der Waals surface area contributed by atoms with Gasteiger partial charge in [0.05, 0.1) is 4.90 Å². The fraction of sp³-hybridized carbons (Fsp3) is 0.647. The summed E-state index contributed by atoms with van der Waals surface area (Å²) in [6.45, 7) is 4.13. The molecule has 0 aromatic heterocycles. The predicted molar refractivity (Wildman–Crippen MR) is 96.9 cm³/mol. The van der Waals surface area contributed by atoms with Gasteiger partial charge in [0.2, 0.25) is 10.0 Å². The molecule has 1 aromatic carbocycles. The van der Waals surface area contributed by atoms with E-state index in [9.17, 15) is 8.42 Å². The number of nitrogens with one attached hydrogen (secondary N) is 1. The zero-order chi connectivity index (χ0) is 17.2. The highest BCUT2D eigenvalue weighted by molar-refractivity contribution is 7.89. The summed E-state index contributed by atoms with van der Waals surface area (Å²) >= 11 is 5.86. The molecule has 2 aliphatic rings. The number of hydrogen-bond donors (Lipinski definition) is 1. The summed E-state index contributed by atoms with van der Waals surface area (Å²) in [4.78, 5) is 5.08. The second-order valence-electron chi connectivity index (χ2n) is 6.87.